The number of hydrogen-bond donors (Lipinski definition) is 1. The molecule has 8 nitrogen and oxygen atoms in total. The summed E-state index contributed by atoms with van der Waals surface area (Å²) in [6, 6.07) is 13.1. The Labute approximate surface area is 233 Å². The monoisotopic (exact) mass is 542 g/mol. The molecule has 1 unspecified atom stereocenters. The van der Waals surface area contributed by atoms with E-state index < -0.39 is 54.1 Å². The van der Waals surface area contributed by atoms with Crippen LogP contribution in [-0.4, -0.2) is 65.3 Å². The molecule has 2 amide bonds. The molecule has 4 aliphatic heterocycles. The van der Waals surface area contributed by atoms with Crippen LogP contribution in [0.15, 0.2) is 72.8 Å². The Balaban J connectivity index is 1.54. The largest absolute Gasteiger partial charge is 0.465 e. The fourth-order valence-electron chi connectivity index (χ4n) is 6.99. The zero-order valence-corrected chi connectivity index (χ0v) is 22.7. The number of nitrogens with zero attached hydrogens (tertiary/aromatic N) is 2. The summed E-state index contributed by atoms with van der Waals surface area (Å²) >= 11 is 0. The van der Waals surface area contributed by atoms with Crippen molar-refractivity contribution >= 4 is 23.5 Å². The van der Waals surface area contributed by atoms with Crippen LogP contribution in [0.1, 0.15) is 35.6 Å². The van der Waals surface area contributed by atoms with Gasteiger partial charge in [0, 0.05) is 12.2 Å². The zero-order chi connectivity index (χ0) is 28.0. The Morgan fingerprint density at radius 2 is 1.75 bits per heavy atom. The van der Waals surface area contributed by atoms with E-state index >= 15 is 0 Å². The highest BCUT2D eigenvalue weighted by Gasteiger charge is 2.72. The predicted molar refractivity (Wildman–Crippen MR) is 148 cm³/mol. The second-order valence-electron chi connectivity index (χ2n) is 11.0. The van der Waals surface area contributed by atoms with E-state index in [0.29, 0.717) is 12.0 Å². The van der Waals surface area contributed by atoms with Gasteiger partial charge in [0.15, 0.2) is 0 Å². The summed E-state index contributed by atoms with van der Waals surface area (Å²) < 4.78 is 12.3. The number of likely N-dealkylation sites (tertiary alicyclic amines) is 1. The molecule has 4 aliphatic rings. The summed E-state index contributed by atoms with van der Waals surface area (Å²) in [5.74, 6) is -3.09. The number of aryl methyl sites for hydroxylation is 2. The molecule has 0 bridgehead atoms. The van der Waals surface area contributed by atoms with Gasteiger partial charge in [-0.05, 0) is 43.4 Å². The summed E-state index contributed by atoms with van der Waals surface area (Å²) in [5.41, 5.74) is 1.94. The molecule has 4 heterocycles. The Kier molecular flexibility index (Phi) is 6.84. The van der Waals surface area contributed by atoms with Gasteiger partial charge in [0.1, 0.15) is 17.6 Å². The number of aliphatic hydroxyl groups excluding tert-OH is 1. The molecule has 2 fully saturated rings. The molecule has 0 radical (unpaired) electrons. The van der Waals surface area contributed by atoms with E-state index in [9.17, 15) is 19.5 Å². The van der Waals surface area contributed by atoms with Gasteiger partial charge in [0.25, 0.3) is 5.91 Å². The number of amides is 2. The summed E-state index contributed by atoms with van der Waals surface area (Å²) in [4.78, 5) is 45.9. The van der Waals surface area contributed by atoms with E-state index in [-0.39, 0.29) is 19.1 Å². The van der Waals surface area contributed by atoms with Crippen LogP contribution < -0.4 is 4.90 Å². The van der Waals surface area contributed by atoms with Crippen molar-refractivity contribution < 1.29 is 29.0 Å². The predicted octanol–water partition coefficient (Wildman–Crippen LogP) is 3.41. The van der Waals surface area contributed by atoms with Gasteiger partial charge < -0.3 is 24.4 Å². The van der Waals surface area contributed by atoms with Crippen LogP contribution in [0.4, 0.5) is 5.69 Å². The molecule has 2 saturated heterocycles. The Morgan fingerprint density at radius 1 is 1.00 bits per heavy atom. The van der Waals surface area contributed by atoms with E-state index in [4.69, 9.17) is 9.47 Å². The van der Waals surface area contributed by atoms with Crippen LogP contribution in [0.3, 0.4) is 0 Å². The van der Waals surface area contributed by atoms with E-state index in [1.165, 1.54) is 4.90 Å². The van der Waals surface area contributed by atoms with Crippen LogP contribution in [0.2, 0.25) is 0 Å². The number of esters is 1. The van der Waals surface area contributed by atoms with E-state index in [1.54, 1.807) is 4.90 Å². The van der Waals surface area contributed by atoms with Crippen LogP contribution in [0.5, 0.6) is 0 Å². The minimum atomic E-state index is -1.40. The average Bonchev–Trinajstić information content (AvgIpc) is 3.36. The highest BCUT2D eigenvalue weighted by Crippen LogP contribution is 2.55. The highest BCUT2D eigenvalue weighted by molar-refractivity contribution is 6.06. The number of ether oxygens (including phenoxy) is 2. The minimum Gasteiger partial charge on any atom is -0.465 e. The number of anilines is 1. The molecular weight excluding hydrogens is 508 g/mol. The first-order chi connectivity index (χ1) is 19.4. The van der Waals surface area contributed by atoms with Crippen molar-refractivity contribution in [1.29, 1.82) is 0 Å². The van der Waals surface area contributed by atoms with Crippen molar-refractivity contribution in [2.45, 2.75) is 50.5 Å². The third-order valence-corrected chi connectivity index (χ3v) is 8.69. The molecule has 2 aromatic rings. The number of allylic oxidation sites excluding steroid dienone is 1. The standard InChI is InChI=1S/C32H34N2O6/c1-20-11-9-12-21(2)27(20)33-17-10-16-32-26(25-24(40-32)15-7-4-8-18-39-31(25)38)29(36)34(28(32)30(33)37)23(19-35)22-13-5-3-6-14-22/h3,5-7,9-16,23-26,28,35H,4,8,17-19H2,1-2H3/b15-7-/t23-,24-,25+,26+,28?,32+/m1/s1. The molecule has 6 rings (SSSR count). The van der Waals surface area contributed by atoms with Crippen molar-refractivity contribution in [2.75, 3.05) is 24.7 Å². The Morgan fingerprint density at radius 3 is 2.48 bits per heavy atom. The van der Waals surface area contributed by atoms with Gasteiger partial charge in [-0.1, -0.05) is 72.8 Å². The maximum atomic E-state index is 14.8. The lowest BCUT2D eigenvalue weighted by molar-refractivity contribution is -0.155. The normalized spacial score (nSPS) is 31.3. The maximum absolute atomic E-state index is 14.8. The zero-order valence-electron chi connectivity index (χ0n) is 22.7. The Bertz CT molecular complexity index is 1370. The van der Waals surface area contributed by atoms with Crippen molar-refractivity contribution in [1.82, 2.24) is 4.90 Å². The van der Waals surface area contributed by atoms with Gasteiger partial charge in [-0.2, -0.15) is 0 Å². The van der Waals surface area contributed by atoms with Crippen LogP contribution in [-0.2, 0) is 23.9 Å². The molecule has 8 heteroatoms. The number of carbonyl (C=O) groups is 3. The second-order valence-corrected chi connectivity index (χ2v) is 11.0. The third-order valence-electron chi connectivity index (χ3n) is 8.69. The molecule has 0 aliphatic carbocycles. The SMILES string of the molecule is Cc1cccc(C)c1N1CC=C[C@]23O[C@@H]4/C=C\CCCOC(=O)[C@@H]4[C@H]2C(=O)N([C@H](CO)c2ccccc2)C3C1=O. The van der Waals surface area contributed by atoms with E-state index in [1.807, 2.05) is 86.7 Å². The number of carbonyl (C=O) groups excluding carboxylic acids is 3. The van der Waals surface area contributed by atoms with Gasteiger partial charge in [-0.25, -0.2) is 0 Å². The maximum Gasteiger partial charge on any atom is 0.312 e. The quantitative estimate of drug-likeness (QED) is 0.470. The van der Waals surface area contributed by atoms with E-state index in [0.717, 1.165) is 23.2 Å². The van der Waals surface area contributed by atoms with Crippen molar-refractivity contribution in [3.05, 3.63) is 89.5 Å². The first-order valence-electron chi connectivity index (χ1n) is 13.9. The van der Waals surface area contributed by atoms with Crippen molar-refractivity contribution in [2.24, 2.45) is 11.8 Å². The topological polar surface area (TPSA) is 96.4 Å². The number of benzene rings is 2. The van der Waals surface area contributed by atoms with E-state index in [2.05, 4.69) is 0 Å². The summed E-state index contributed by atoms with van der Waals surface area (Å²) in [5, 5.41) is 10.7. The lowest BCUT2D eigenvalue weighted by Crippen LogP contribution is -2.56. The molecule has 208 valence electrons. The molecule has 2 aromatic carbocycles. The summed E-state index contributed by atoms with van der Waals surface area (Å²) in [6.07, 6.45) is 8.17. The molecule has 6 atom stereocenters. The lowest BCUT2D eigenvalue weighted by atomic mass is 9.78. The van der Waals surface area contributed by atoms with Crippen molar-refractivity contribution in [3.63, 3.8) is 0 Å². The summed E-state index contributed by atoms with van der Waals surface area (Å²) in [7, 11) is 0. The van der Waals surface area contributed by atoms with Crippen LogP contribution >= 0.6 is 0 Å². The Hall–Kier alpha value is -3.75. The molecule has 0 saturated carbocycles. The minimum absolute atomic E-state index is 0.256. The van der Waals surface area contributed by atoms with Crippen molar-refractivity contribution in [3.8, 4) is 0 Å². The molecule has 1 N–H and O–H groups in total. The van der Waals surface area contributed by atoms with Gasteiger partial charge in [0.2, 0.25) is 5.91 Å². The van der Waals surface area contributed by atoms with Gasteiger partial charge in [0.05, 0.1) is 31.3 Å². The number of para-hydroxylation sites is 1. The average molecular weight is 543 g/mol. The first kappa shape index (κ1) is 26.5. The molecule has 1 spiro atoms. The smallest absolute Gasteiger partial charge is 0.312 e. The fraction of sp³-hybridized carbons (Fsp3) is 0.406. The highest BCUT2D eigenvalue weighted by atomic mass is 16.6. The number of hydrogen-bond acceptors (Lipinski definition) is 6. The molecule has 40 heavy (non-hydrogen) atoms. The first-order valence-corrected chi connectivity index (χ1v) is 13.9. The number of rotatable bonds is 4. The van der Waals surface area contributed by atoms with Gasteiger partial charge in [-0.15, -0.1) is 0 Å². The van der Waals surface area contributed by atoms with Gasteiger partial charge in [-0.3, -0.25) is 14.4 Å². The second kappa shape index (κ2) is 10.3. The van der Waals surface area contributed by atoms with Crippen LogP contribution in [0.25, 0.3) is 0 Å². The number of aliphatic hydroxyl groups is 1. The molecular formula is C32H34N2O6. The molecule has 0 aromatic heterocycles. The summed E-state index contributed by atoms with van der Waals surface area (Å²) in [6.45, 7) is 4.06. The fourth-order valence-corrected chi connectivity index (χ4v) is 6.99. The van der Waals surface area contributed by atoms with Gasteiger partial charge >= 0.3 is 5.97 Å². The van der Waals surface area contributed by atoms with Crippen LogP contribution in [0, 0.1) is 25.7 Å². The lowest BCUT2D eigenvalue weighted by Gasteiger charge is -2.39. The number of fused-ring (bicyclic) bond motifs is 2. The number of cyclic esters (lactones) is 1. The third kappa shape index (κ3) is 4.00.